The molecule has 0 aliphatic carbocycles. The first-order valence-corrected chi connectivity index (χ1v) is 9.00. The predicted molar refractivity (Wildman–Crippen MR) is 99.4 cm³/mol. The molecule has 3 heterocycles. The van der Waals surface area contributed by atoms with Crippen molar-refractivity contribution < 1.29 is 13.9 Å². The summed E-state index contributed by atoms with van der Waals surface area (Å²) in [4.78, 5) is 14.1. The number of rotatable bonds is 4. The fourth-order valence-electron chi connectivity index (χ4n) is 3.60. The van der Waals surface area contributed by atoms with Crippen LogP contribution in [0.15, 0.2) is 24.3 Å². The first-order chi connectivity index (χ1) is 12.7. The molecule has 1 aromatic carbocycles. The van der Waals surface area contributed by atoms with E-state index in [0.29, 0.717) is 19.0 Å². The number of halogens is 2. The van der Waals surface area contributed by atoms with Crippen LogP contribution in [0.4, 0.5) is 4.39 Å². The molecular formula is C18H23ClFN5O2. The summed E-state index contributed by atoms with van der Waals surface area (Å²) < 4.78 is 21.1. The highest BCUT2D eigenvalue weighted by molar-refractivity contribution is 5.85. The van der Waals surface area contributed by atoms with Gasteiger partial charge >= 0.3 is 0 Å². The van der Waals surface area contributed by atoms with E-state index in [1.165, 1.54) is 12.1 Å². The fraction of sp³-hybridized carbons (Fsp3) is 0.500. The minimum absolute atomic E-state index is 0. The van der Waals surface area contributed by atoms with Crippen LogP contribution in [-0.4, -0.2) is 51.8 Å². The van der Waals surface area contributed by atoms with Gasteiger partial charge in [-0.25, -0.2) is 4.39 Å². The molecule has 27 heavy (non-hydrogen) atoms. The highest BCUT2D eigenvalue weighted by atomic mass is 35.5. The lowest BCUT2D eigenvalue weighted by Gasteiger charge is -2.32. The van der Waals surface area contributed by atoms with Gasteiger partial charge in [-0.05, 0) is 25.0 Å². The quantitative estimate of drug-likeness (QED) is 0.853. The smallest absolute Gasteiger partial charge is 0.260 e. The van der Waals surface area contributed by atoms with E-state index >= 15 is 0 Å². The predicted octanol–water partition coefficient (Wildman–Crippen LogP) is 1.73. The van der Waals surface area contributed by atoms with E-state index in [0.717, 1.165) is 44.1 Å². The van der Waals surface area contributed by atoms with E-state index in [2.05, 4.69) is 20.1 Å². The number of carbonyl (C=O) groups is 1. The minimum atomic E-state index is -0.454. The Hall–Kier alpha value is -2.19. The van der Waals surface area contributed by atoms with E-state index in [9.17, 15) is 9.18 Å². The molecule has 1 fully saturated rings. The van der Waals surface area contributed by atoms with E-state index in [4.69, 9.17) is 4.74 Å². The molecule has 1 N–H and O–H groups in total. The van der Waals surface area contributed by atoms with Gasteiger partial charge in [0.25, 0.3) is 5.91 Å². The van der Waals surface area contributed by atoms with Crippen molar-refractivity contribution >= 4 is 18.3 Å². The molecule has 2 aliphatic rings. The highest BCUT2D eigenvalue weighted by Crippen LogP contribution is 2.28. The summed E-state index contributed by atoms with van der Waals surface area (Å²) in [6.07, 6.45) is 1.72. The lowest BCUT2D eigenvalue weighted by Crippen LogP contribution is -2.41. The Labute approximate surface area is 163 Å². The van der Waals surface area contributed by atoms with Gasteiger partial charge in [0, 0.05) is 32.1 Å². The monoisotopic (exact) mass is 395 g/mol. The third-order valence-corrected chi connectivity index (χ3v) is 5.05. The van der Waals surface area contributed by atoms with Crippen LogP contribution in [0, 0.1) is 5.82 Å². The zero-order valence-corrected chi connectivity index (χ0v) is 15.8. The number of hydrogen-bond donors (Lipinski definition) is 1. The molecule has 2 aliphatic heterocycles. The van der Waals surface area contributed by atoms with Crippen LogP contribution >= 0.6 is 12.4 Å². The average molecular weight is 396 g/mol. The van der Waals surface area contributed by atoms with Crippen LogP contribution in [0.25, 0.3) is 0 Å². The number of ether oxygens (including phenoxy) is 1. The van der Waals surface area contributed by atoms with Crippen LogP contribution in [0.1, 0.15) is 30.4 Å². The zero-order valence-electron chi connectivity index (χ0n) is 14.9. The number of aromatic nitrogens is 3. The van der Waals surface area contributed by atoms with Crippen molar-refractivity contribution in [1.82, 2.24) is 25.0 Å². The van der Waals surface area contributed by atoms with Gasteiger partial charge in [-0.1, -0.05) is 12.1 Å². The lowest BCUT2D eigenvalue weighted by atomic mass is 9.95. The number of fused-ring (bicyclic) bond motifs is 1. The molecule has 146 valence electrons. The maximum atomic E-state index is 13.6. The second-order valence-corrected chi connectivity index (χ2v) is 6.68. The van der Waals surface area contributed by atoms with Gasteiger partial charge in [0.2, 0.25) is 0 Å². The molecular weight excluding hydrogens is 373 g/mol. The largest absolute Gasteiger partial charge is 0.481 e. The van der Waals surface area contributed by atoms with Crippen molar-refractivity contribution in [3.8, 4) is 5.75 Å². The fourth-order valence-corrected chi connectivity index (χ4v) is 3.60. The van der Waals surface area contributed by atoms with Crippen LogP contribution < -0.4 is 10.1 Å². The standard InChI is InChI=1S/C18H22FN5O2.ClH/c19-14-3-1-2-4-15(14)26-12-17(25)23-8-5-13(6-9-23)18-22-21-16-11-20-7-10-24(16)18;/h1-4,13,20H,5-12H2;1H. The molecule has 0 bridgehead atoms. The summed E-state index contributed by atoms with van der Waals surface area (Å²) in [7, 11) is 0. The molecule has 1 aromatic heterocycles. The molecule has 7 nitrogen and oxygen atoms in total. The van der Waals surface area contributed by atoms with E-state index in [-0.39, 0.29) is 30.7 Å². The lowest BCUT2D eigenvalue weighted by molar-refractivity contribution is -0.134. The van der Waals surface area contributed by atoms with Gasteiger partial charge in [-0.3, -0.25) is 4.79 Å². The Bertz CT molecular complexity index is 792. The second kappa shape index (κ2) is 8.67. The first-order valence-electron chi connectivity index (χ1n) is 9.00. The summed E-state index contributed by atoms with van der Waals surface area (Å²) >= 11 is 0. The van der Waals surface area contributed by atoms with Crippen molar-refractivity contribution in [2.45, 2.75) is 31.8 Å². The summed E-state index contributed by atoms with van der Waals surface area (Å²) in [6, 6.07) is 6.12. The van der Waals surface area contributed by atoms with Crippen LogP contribution in [0.5, 0.6) is 5.75 Å². The molecule has 4 rings (SSSR count). The number of hydrogen-bond acceptors (Lipinski definition) is 5. The number of amides is 1. The number of nitrogens with one attached hydrogen (secondary N) is 1. The minimum Gasteiger partial charge on any atom is -0.481 e. The zero-order chi connectivity index (χ0) is 17.9. The SMILES string of the molecule is Cl.O=C(COc1ccccc1F)N1CCC(c2nnc3n2CCNC3)CC1. The molecule has 0 unspecified atom stereocenters. The van der Waals surface area contributed by atoms with Gasteiger partial charge in [0.1, 0.15) is 11.6 Å². The second-order valence-electron chi connectivity index (χ2n) is 6.68. The Morgan fingerprint density at radius 1 is 1.22 bits per heavy atom. The van der Waals surface area contributed by atoms with Crippen molar-refractivity contribution in [3.63, 3.8) is 0 Å². The Morgan fingerprint density at radius 3 is 2.78 bits per heavy atom. The van der Waals surface area contributed by atoms with Crippen molar-refractivity contribution in [1.29, 1.82) is 0 Å². The summed E-state index contributed by atoms with van der Waals surface area (Å²) in [5.74, 6) is 1.90. The summed E-state index contributed by atoms with van der Waals surface area (Å²) in [5.41, 5.74) is 0. The van der Waals surface area contributed by atoms with Gasteiger partial charge in [-0.15, -0.1) is 22.6 Å². The van der Waals surface area contributed by atoms with Crippen LogP contribution in [0.2, 0.25) is 0 Å². The molecule has 0 saturated carbocycles. The number of nitrogens with zero attached hydrogens (tertiary/aromatic N) is 4. The molecule has 0 atom stereocenters. The normalized spacial score (nSPS) is 17.1. The molecule has 2 aromatic rings. The average Bonchev–Trinajstić information content (AvgIpc) is 3.11. The van der Waals surface area contributed by atoms with Crippen molar-refractivity contribution in [2.75, 3.05) is 26.2 Å². The Kier molecular flexibility index (Phi) is 6.28. The Morgan fingerprint density at radius 2 is 2.00 bits per heavy atom. The van der Waals surface area contributed by atoms with E-state index < -0.39 is 5.82 Å². The van der Waals surface area contributed by atoms with Gasteiger partial charge in [0.15, 0.2) is 18.2 Å². The maximum Gasteiger partial charge on any atom is 0.260 e. The van der Waals surface area contributed by atoms with Crippen LogP contribution in [-0.2, 0) is 17.9 Å². The molecule has 1 amide bonds. The number of piperidine rings is 1. The van der Waals surface area contributed by atoms with Crippen LogP contribution in [0.3, 0.4) is 0 Å². The molecule has 0 radical (unpaired) electrons. The molecule has 1 saturated heterocycles. The number of benzene rings is 1. The maximum absolute atomic E-state index is 13.6. The number of para-hydroxylation sites is 1. The van der Waals surface area contributed by atoms with Gasteiger partial charge < -0.3 is 19.5 Å². The highest BCUT2D eigenvalue weighted by Gasteiger charge is 2.28. The third kappa shape index (κ3) is 4.22. The van der Waals surface area contributed by atoms with E-state index in [1.54, 1.807) is 17.0 Å². The van der Waals surface area contributed by atoms with E-state index in [1.807, 2.05) is 0 Å². The third-order valence-electron chi connectivity index (χ3n) is 5.05. The summed E-state index contributed by atoms with van der Waals surface area (Å²) in [5, 5.41) is 11.9. The van der Waals surface area contributed by atoms with Gasteiger partial charge in [-0.2, -0.15) is 0 Å². The van der Waals surface area contributed by atoms with Crippen molar-refractivity contribution in [2.24, 2.45) is 0 Å². The molecule has 9 heteroatoms. The van der Waals surface area contributed by atoms with Gasteiger partial charge in [0.05, 0.1) is 6.54 Å². The Balaban J connectivity index is 0.00000210. The van der Waals surface area contributed by atoms with Crippen molar-refractivity contribution in [3.05, 3.63) is 41.7 Å². The number of likely N-dealkylation sites (tertiary alicyclic amines) is 1. The first kappa shape index (κ1) is 19.6. The number of carbonyl (C=O) groups excluding carboxylic acids is 1. The topological polar surface area (TPSA) is 72.3 Å². The molecule has 0 spiro atoms. The summed E-state index contributed by atoms with van der Waals surface area (Å²) in [6.45, 7) is 3.76.